The zero-order chi connectivity index (χ0) is 18.7. The standard InChI is InChI=1S/C21H22O4S/c1-24-15-8-4-6-13(10-15)17-12-18(22)20(21(23)26-3)19(17)14-7-5-9-16(11-14)25-2/h4-11,17,19-20H,12H2,1-3H3/t17-,19-,20-/m1/s1. The van der Waals surface area contributed by atoms with Crippen LogP contribution in [0.15, 0.2) is 48.5 Å². The molecule has 1 fully saturated rings. The highest BCUT2D eigenvalue weighted by molar-refractivity contribution is 8.13. The molecule has 0 saturated heterocycles. The van der Waals surface area contributed by atoms with Crippen molar-refractivity contribution in [2.45, 2.75) is 18.3 Å². The van der Waals surface area contributed by atoms with Crippen LogP contribution in [0.4, 0.5) is 0 Å². The number of rotatable bonds is 5. The summed E-state index contributed by atoms with van der Waals surface area (Å²) in [4.78, 5) is 25.3. The van der Waals surface area contributed by atoms with Gasteiger partial charge in [0.2, 0.25) is 0 Å². The molecule has 1 aliphatic carbocycles. The van der Waals surface area contributed by atoms with E-state index in [-0.39, 0.29) is 22.7 Å². The molecule has 0 aromatic heterocycles. The molecular weight excluding hydrogens is 348 g/mol. The Balaban J connectivity index is 2.09. The van der Waals surface area contributed by atoms with Crippen LogP contribution in [0.25, 0.3) is 0 Å². The van der Waals surface area contributed by atoms with E-state index in [9.17, 15) is 9.59 Å². The molecule has 0 unspecified atom stereocenters. The van der Waals surface area contributed by atoms with Gasteiger partial charge in [0, 0.05) is 12.3 Å². The maximum Gasteiger partial charge on any atom is 0.199 e. The van der Waals surface area contributed by atoms with Gasteiger partial charge >= 0.3 is 0 Å². The van der Waals surface area contributed by atoms with Crippen molar-refractivity contribution >= 4 is 22.7 Å². The first kappa shape index (κ1) is 18.5. The third kappa shape index (κ3) is 3.49. The molecule has 26 heavy (non-hydrogen) atoms. The number of carbonyl (C=O) groups excluding carboxylic acids is 2. The van der Waals surface area contributed by atoms with Crippen LogP contribution in [-0.2, 0) is 9.59 Å². The van der Waals surface area contributed by atoms with Gasteiger partial charge in [-0.1, -0.05) is 36.0 Å². The van der Waals surface area contributed by atoms with Crippen molar-refractivity contribution in [2.75, 3.05) is 20.5 Å². The number of methoxy groups -OCH3 is 2. The van der Waals surface area contributed by atoms with Gasteiger partial charge < -0.3 is 9.47 Å². The Hall–Kier alpha value is -2.27. The first-order chi connectivity index (χ1) is 12.6. The van der Waals surface area contributed by atoms with E-state index in [0.29, 0.717) is 6.42 Å². The van der Waals surface area contributed by atoms with E-state index < -0.39 is 5.92 Å². The Kier molecular flexibility index (Phi) is 5.67. The van der Waals surface area contributed by atoms with Gasteiger partial charge in [-0.3, -0.25) is 9.59 Å². The Morgan fingerprint density at radius 3 is 2.15 bits per heavy atom. The summed E-state index contributed by atoms with van der Waals surface area (Å²) >= 11 is 1.12. The normalized spacial score (nSPS) is 22.3. The SMILES string of the molecule is COc1cccc([C@H]2[C@H](C(=O)SC)C(=O)C[C@@H]2c2cccc(OC)c2)c1. The second-order valence-electron chi connectivity index (χ2n) is 6.36. The lowest BCUT2D eigenvalue weighted by Crippen LogP contribution is -2.22. The molecule has 4 nitrogen and oxygen atoms in total. The minimum Gasteiger partial charge on any atom is -0.497 e. The molecule has 3 atom stereocenters. The van der Waals surface area contributed by atoms with E-state index in [1.54, 1.807) is 20.5 Å². The lowest BCUT2D eigenvalue weighted by Gasteiger charge is -2.24. The fraction of sp³-hybridized carbons (Fsp3) is 0.333. The van der Waals surface area contributed by atoms with Crippen LogP contribution in [0.1, 0.15) is 29.4 Å². The number of carbonyl (C=O) groups is 2. The maximum absolute atomic E-state index is 12.8. The van der Waals surface area contributed by atoms with Crippen LogP contribution in [-0.4, -0.2) is 31.4 Å². The molecule has 0 bridgehead atoms. The second-order valence-corrected chi connectivity index (χ2v) is 7.17. The number of thioether (sulfide) groups is 1. The van der Waals surface area contributed by atoms with Crippen molar-refractivity contribution < 1.29 is 19.1 Å². The van der Waals surface area contributed by atoms with Gasteiger partial charge in [-0.05, 0) is 47.6 Å². The van der Waals surface area contributed by atoms with Crippen LogP contribution in [0.2, 0.25) is 0 Å². The Labute approximate surface area is 157 Å². The predicted molar refractivity (Wildman–Crippen MR) is 103 cm³/mol. The molecule has 1 aliphatic rings. The van der Waals surface area contributed by atoms with Crippen LogP contribution in [0.5, 0.6) is 11.5 Å². The van der Waals surface area contributed by atoms with Crippen molar-refractivity contribution in [3.63, 3.8) is 0 Å². The average Bonchev–Trinajstić information content (AvgIpc) is 3.04. The zero-order valence-electron chi connectivity index (χ0n) is 15.1. The summed E-state index contributed by atoms with van der Waals surface area (Å²) in [5.74, 6) is 0.578. The molecule has 0 spiro atoms. The van der Waals surface area contributed by atoms with E-state index in [1.165, 1.54) is 0 Å². The summed E-state index contributed by atoms with van der Waals surface area (Å²) in [5, 5.41) is -0.0757. The van der Waals surface area contributed by atoms with Gasteiger partial charge in [0.05, 0.1) is 20.1 Å². The monoisotopic (exact) mass is 370 g/mol. The van der Waals surface area contributed by atoms with E-state index in [1.807, 2.05) is 48.5 Å². The lowest BCUT2D eigenvalue weighted by atomic mass is 9.80. The highest BCUT2D eigenvalue weighted by Crippen LogP contribution is 2.50. The van der Waals surface area contributed by atoms with E-state index in [2.05, 4.69) is 0 Å². The average molecular weight is 370 g/mol. The molecule has 1 saturated carbocycles. The van der Waals surface area contributed by atoms with Crippen molar-refractivity contribution in [3.05, 3.63) is 59.7 Å². The Morgan fingerprint density at radius 2 is 1.58 bits per heavy atom. The number of hydrogen-bond acceptors (Lipinski definition) is 5. The summed E-state index contributed by atoms with van der Waals surface area (Å²) in [6.07, 6.45) is 2.09. The number of ether oxygens (including phenoxy) is 2. The second kappa shape index (κ2) is 7.96. The molecule has 3 rings (SSSR count). The molecular formula is C21H22O4S. The van der Waals surface area contributed by atoms with Crippen molar-refractivity contribution in [3.8, 4) is 11.5 Å². The highest BCUT2D eigenvalue weighted by Gasteiger charge is 2.47. The van der Waals surface area contributed by atoms with E-state index in [4.69, 9.17) is 9.47 Å². The van der Waals surface area contributed by atoms with Crippen molar-refractivity contribution in [1.82, 2.24) is 0 Å². The summed E-state index contributed by atoms with van der Waals surface area (Å²) in [7, 11) is 3.24. The molecule has 0 radical (unpaired) electrons. The molecule has 136 valence electrons. The van der Waals surface area contributed by atoms with Gasteiger partial charge in [-0.15, -0.1) is 0 Å². The molecule has 2 aromatic rings. The number of benzene rings is 2. The number of hydrogen-bond donors (Lipinski definition) is 0. The van der Waals surface area contributed by atoms with Crippen LogP contribution in [0.3, 0.4) is 0 Å². The molecule has 0 heterocycles. The van der Waals surface area contributed by atoms with Gasteiger partial charge in [0.15, 0.2) is 5.12 Å². The smallest absolute Gasteiger partial charge is 0.199 e. The lowest BCUT2D eigenvalue weighted by molar-refractivity contribution is -0.126. The van der Waals surface area contributed by atoms with Crippen LogP contribution in [0, 0.1) is 5.92 Å². The van der Waals surface area contributed by atoms with Crippen LogP contribution < -0.4 is 9.47 Å². The fourth-order valence-corrected chi connectivity index (χ4v) is 4.31. The highest BCUT2D eigenvalue weighted by atomic mass is 32.2. The first-order valence-corrected chi connectivity index (χ1v) is 9.70. The first-order valence-electron chi connectivity index (χ1n) is 8.47. The van der Waals surface area contributed by atoms with Gasteiger partial charge in [0.1, 0.15) is 17.3 Å². The van der Waals surface area contributed by atoms with E-state index in [0.717, 1.165) is 34.4 Å². The number of Topliss-reactive ketones (excluding diaryl/α,β-unsaturated/α-hetero) is 1. The molecule has 0 amide bonds. The third-order valence-corrected chi connectivity index (χ3v) is 5.67. The topological polar surface area (TPSA) is 52.6 Å². The van der Waals surface area contributed by atoms with Crippen LogP contribution >= 0.6 is 11.8 Å². The molecule has 2 aromatic carbocycles. The number of ketones is 1. The zero-order valence-corrected chi connectivity index (χ0v) is 15.9. The summed E-state index contributed by atoms with van der Waals surface area (Å²) in [5.41, 5.74) is 1.97. The van der Waals surface area contributed by atoms with Gasteiger partial charge in [-0.2, -0.15) is 0 Å². The minimum atomic E-state index is -0.631. The quantitative estimate of drug-likeness (QED) is 0.743. The Morgan fingerprint density at radius 1 is 1.00 bits per heavy atom. The van der Waals surface area contributed by atoms with Gasteiger partial charge in [0.25, 0.3) is 0 Å². The predicted octanol–water partition coefficient (Wildman–Crippen LogP) is 4.05. The summed E-state index contributed by atoms with van der Waals surface area (Å²) < 4.78 is 10.7. The largest absolute Gasteiger partial charge is 0.497 e. The minimum absolute atomic E-state index is 0.00462. The van der Waals surface area contributed by atoms with Crippen molar-refractivity contribution in [2.24, 2.45) is 5.92 Å². The van der Waals surface area contributed by atoms with E-state index >= 15 is 0 Å². The third-order valence-electron chi connectivity index (χ3n) is 5.02. The summed E-state index contributed by atoms with van der Waals surface area (Å²) in [6, 6.07) is 15.4. The Bertz CT molecular complexity index is 817. The molecule has 5 heteroatoms. The van der Waals surface area contributed by atoms with Gasteiger partial charge in [-0.25, -0.2) is 0 Å². The fourth-order valence-electron chi connectivity index (χ4n) is 3.78. The molecule has 0 N–H and O–H groups in total. The summed E-state index contributed by atoms with van der Waals surface area (Å²) in [6.45, 7) is 0. The maximum atomic E-state index is 12.8. The molecule has 0 aliphatic heterocycles. The van der Waals surface area contributed by atoms with Crippen molar-refractivity contribution in [1.29, 1.82) is 0 Å².